The fourth-order valence-corrected chi connectivity index (χ4v) is 18.3. The van der Waals surface area contributed by atoms with Gasteiger partial charge in [-0.15, -0.1) is 47.0 Å². The number of hydrogen-bond donors (Lipinski definition) is 2. The van der Waals surface area contributed by atoms with E-state index in [1.165, 1.54) is 47.0 Å². The molecule has 0 aliphatic rings. The van der Waals surface area contributed by atoms with Crippen LogP contribution in [0, 0.1) is 0 Å². The van der Waals surface area contributed by atoms with E-state index in [-0.39, 0.29) is 22.1 Å². The molecule has 0 aliphatic heterocycles. The number of thioether (sulfide) groups is 12. The zero-order valence-electron chi connectivity index (χ0n) is 24.1. The molecule has 0 amide bonds. The van der Waals surface area contributed by atoms with Crippen molar-refractivity contribution in [3.05, 3.63) is 0 Å². The number of rotatable bonds is 34. The van der Waals surface area contributed by atoms with E-state index in [2.05, 4.69) is 0 Å². The van der Waals surface area contributed by atoms with E-state index < -0.39 is 22.4 Å². The van der Waals surface area contributed by atoms with Gasteiger partial charge in [0.2, 0.25) is 0 Å². The standard InChI is InChI=1S/C23H44O6S14/c24-11-34-15-36-18-40-22(26)3-7-32-14-31-6-2-10-43(29)21-39-17-37-19-41-23(27)4-8-33-13-30-5-1-9-42(28)20-38-16-35-12-25/h24-25H,1-21H2. The lowest BCUT2D eigenvalue weighted by molar-refractivity contribution is -0.111. The summed E-state index contributed by atoms with van der Waals surface area (Å²) in [5.41, 5.74) is 0. The van der Waals surface area contributed by atoms with Crippen LogP contribution in [0.15, 0.2) is 0 Å². The normalized spacial score (nSPS) is 12.9. The van der Waals surface area contributed by atoms with E-state index in [1.807, 2.05) is 23.5 Å². The summed E-state index contributed by atoms with van der Waals surface area (Å²) in [4.78, 5) is 23.8. The number of carbonyl (C=O) groups excluding carboxylic acids is 2. The van der Waals surface area contributed by atoms with Crippen LogP contribution in [0.25, 0.3) is 0 Å². The maximum Gasteiger partial charge on any atom is 0.190 e. The summed E-state index contributed by atoms with van der Waals surface area (Å²) in [6, 6.07) is 0. The van der Waals surface area contributed by atoms with E-state index in [4.69, 9.17) is 10.2 Å². The second-order valence-corrected chi connectivity index (χ2v) is 26.5. The van der Waals surface area contributed by atoms with Gasteiger partial charge in [-0.05, 0) is 33.9 Å². The lowest BCUT2D eigenvalue weighted by atomic mass is 10.5. The van der Waals surface area contributed by atoms with Crippen LogP contribution >= 0.6 is 141 Å². The minimum atomic E-state index is -0.807. The third-order valence-electron chi connectivity index (χ3n) is 4.27. The predicted octanol–water partition coefficient (Wildman–Crippen LogP) is 7.41. The maximum absolute atomic E-state index is 12.2. The Morgan fingerprint density at radius 1 is 0.488 bits per heavy atom. The average molecular weight is 866 g/mol. The van der Waals surface area contributed by atoms with Gasteiger partial charge in [0.1, 0.15) is 11.5 Å². The second kappa shape index (κ2) is 38.9. The molecule has 2 unspecified atom stereocenters. The largest absolute Gasteiger partial charge is 0.616 e. The van der Waals surface area contributed by atoms with E-state index in [1.54, 1.807) is 70.6 Å². The highest BCUT2D eigenvalue weighted by Crippen LogP contribution is 2.23. The summed E-state index contributed by atoms with van der Waals surface area (Å²) in [5.74, 6) is 5.36. The molecule has 20 heteroatoms. The molecule has 6 nitrogen and oxygen atoms in total. The predicted molar refractivity (Wildman–Crippen MR) is 223 cm³/mol. The molecule has 0 aromatic rings. The van der Waals surface area contributed by atoms with E-state index in [0.717, 1.165) is 83.0 Å². The summed E-state index contributed by atoms with van der Waals surface area (Å²) in [6.45, 7) is 0. The molecule has 0 saturated carbocycles. The van der Waals surface area contributed by atoms with Gasteiger partial charge in [-0.1, -0.05) is 47.0 Å². The van der Waals surface area contributed by atoms with Gasteiger partial charge in [0.05, 0.1) is 11.9 Å². The zero-order chi connectivity index (χ0) is 31.6. The molecule has 0 fully saturated rings. The molecule has 0 aliphatic carbocycles. The van der Waals surface area contributed by atoms with Gasteiger partial charge in [-0.25, -0.2) is 0 Å². The Morgan fingerprint density at radius 2 is 0.860 bits per heavy atom. The van der Waals surface area contributed by atoms with Crippen molar-refractivity contribution in [2.24, 2.45) is 0 Å². The smallest absolute Gasteiger partial charge is 0.190 e. The van der Waals surface area contributed by atoms with Crippen molar-refractivity contribution in [3.63, 3.8) is 0 Å². The van der Waals surface area contributed by atoms with Crippen LogP contribution in [0.3, 0.4) is 0 Å². The fraction of sp³-hybridized carbons (Fsp3) is 0.913. The van der Waals surface area contributed by atoms with Crippen LogP contribution in [0.2, 0.25) is 0 Å². The summed E-state index contributed by atoms with van der Waals surface area (Å²) < 4.78 is 24.0. The van der Waals surface area contributed by atoms with Crippen LogP contribution in [-0.4, -0.2) is 122 Å². The van der Waals surface area contributed by atoms with E-state index in [0.29, 0.717) is 23.0 Å². The molecule has 0 aromatic heterocycles. The van der Waals surface area contributed by atoms with Crippen LogP contribution in [0.1, 0.15) is 25.7 Å². The molecule has 43 heavy (non-hydrogen) atoms. The molecule has 0 aromatic carbocycles. The lowest BCUT2D eigenvalue weighted by Gasteiger charge is -2.10. The Hall–Kier alpha value is 4.08. The molecule has 0 radical (unpaired) electrons. The van der Waals surface area contributed by atoms with E-state index in [9.17, 15) is 18.7 Å². The van der Waals surface area contributed by atoms with Crippen molar-refractivity contribution in [1.82, 2.24) is 0 Å². The molecule has 0 saturated heterocycles. The fourth-order valence-electron chi connectivity index (χ4n) is 2.36. The van der Waals surface area contributed by atoms with Gasteiger partial charge in [0.15, 0.2) is 20.4 Å². The van der Waals surface area contributed by atoms with Crippen molar-refractivity contribution in [2.75, 3.05) is 92.2 Å². The minimum absolute atomic E-state index is 0.115. The van der Waals surface area contributed by atoms with Crippen molar-refractivity contribution in [1.29, 1.82) is 0 Å². The van der Waals surface area contributed by atoms with Crippen LogP contribution in [0.4, 0.5) is 0 Å². The summed E-state index contributed by atoms with van der Waals surface area (Å²) >= 11 is 18.0. The summed E-state index contributed by atoms with van der Waals surface area (Å²) in [7, 11) is 0. The van der Waals surface area contributed by atoms with Crippen molar-refractivity contribution in [3.8, 4) is 0 Å². The van der Waals surface area contributed by atoms with Gasteiger partial charge in [0, 0.05) is 72.8 Å². The first-order valence-electron chi connectivity index (χ1n) is 13.0. The highest BCUT2D eigenvalue weighted by atomic mass is 32.3. The van der Waals surface area contributed by atoms with Crippen molar-refractivity contribution in [2.45, 2.75) is 25.7 Å². The lowest BCUT2D eigenvalue weighted by Crippen LogP contribution is -2.09. The molecular formula is C23H44O6S14. The van der Waals surface area contributed by atoms with Gasteiger partial charge >= 0.3 is 0 Å². The first kappa shape index (κ1) is 47.1. The quantitative estimate of drug-likeness (QED) is 0.0379. The third-order valence-corrected chi connectivity index (χ3v) is 21.7. The first-order chi connectivity index (χ1) is 21.0. The minimum Gasteiger partial charge on any atom is -0.616 e. The van der Waals surface area contributed by atoms with E-state index >= 15 is 0 Å². The van der Waals surface area contributed by atoms with Crippen molar-refractivity contribution >= 4 is 174 Å². The molecule has 256 valence electrons. The Labute approximate surface area is 316 Å². The molecule has 0 heterocycles. The van der Waals surface area contributed by atoms with Gasteiger partial charge in [-0.2, -0.15) is 47.0 Å². The highest BCUT2D eigenvalue weighted by Gasteiger charge is 2.09. The molecule has 0 bridgehead atoms. The average Bonchev–Trinajstić information content (AvgIpc) is 2.99. The van der Waals surface area contributed by atoms with Crippen LogP contribution < -0.4 is 0 Å². The molecule has 0 spiro atoms. The Kier molecular flexibility index (Phi) is 42.6. The first-order valence-corrected chi connectivity index (χ1v) is 29.5. The number of aliphatic hydroxyl groups is 2. The monoisotopic (exact) mass is 864 g/mol. The van der Waals surface area contributed by atoms with Gasteiger partial charge < -0.3 is 19.3 Å². The van der Waals surface area contributed by atoms with Gasteiger partial charge in [-0.3, -0.25) is 9.59 Å². The number of carbonyl (C=O) groups is 2. The van der Waals surface area contributed by atoms with Gasteiger partial charge in [0.25, 0.3) is 0 Å². The Bertz CT molecular complexity index is 631. The zero-order valence-corrected chi connectivity index (χ0v) is 35.5. The van der Waals surface area contributed by atoms with Crippen molar-refractivity contribution < 1.29 is 28.9 Å². The van der Waals surface area contributed by atoms with Crippen LogP contribution in [-0.2, 0) is 31.9 Å². The Balaban J connectivity index is 3.36. The number of aliphatic hydroxyl groups excluding tert-OH is 2. The third kappa shape index (κ3) is 38.7. The molecule has 2 atom stereocenters. The maximum atomic E-state index is 12.2. The highest BCUT2D eigenvalue weighted by molar-refractivity contribution is 8.29. The SMILES string of the molecule is O=C(CCSCSCCC[S+]([O-])CSCSCSC(=O)CCSCSCCC[S+]([O-])CSCSCO)SCSCSCO. The number of hydrogen-bond acceptors (Lipinski definition) is 18. The summed E-state index contributed by atoms with van der Waals surface area (Å²) in [5, 5.41) is 25.0. The second-order valence-electron chi connectivity index (χ2n) is 7.70. The Morgan fingerprint density at radius 3 is 1.30 bits per heavy atom. The molecule has 2 N–H and O–H groups in total. The van der Waals surface area contributed by atoms with Crippen LogP contribution in [0.5, 0.6) is 0 Å². The molecule has 0 rings (SSSR count). The summed E-state index contributed by atoms with van der Waals surface area (Å²) in [6.07, 6.45) is 3.06. The topological polar surface area (TPSA) is 121 Å². The molecular weight excluding hydrogens is 821 g/mol.